The summed E-state index contributed by atoms with van der Waals surface area (Å²) in [6.45, 7) is 4.30. The third kappa shape index (κ3) is 3.06. The van der Waals surface area contributed by atoms with Gasteiger partial charge in [-0.25, -0.2) is 14.8 Å². The van der Waals surface area contributed by atoms with E-state index >= 15 is 0 Å². The van der Waals surface area contributed by atoms with Gasteiger partial charge in [-0.15, -0.1) is 0 Å². The van der Waals surface area contributed by atoms with Crippen molar-refractivity contribution in [1.29, 1.82) is 0 Å². The van der Waals surface area contributed by atoms with E-state index in [2.05, 4.69) is 15.0 Å². The monoisotopic (exact) mass is 263 g/mol. The first-order valence-corrected chi connectivity index (χ1v) is 5.82. The Morgan fingerprint density at radius 2 is 2.11 bits per heavy atom. The Morgan fingerprint density at radius 3 is 2.84 bits per heavy atom. The molecule has 2 heterocycles. The predicted molar refractivity (Wildman–Crippen MR) is 64.7 cm³/mol. The highest BCUT2D eigenvalue weighted by Gasteiger charge is 2.16. The number of aromatic nitrogens is 3. The highest BCUT2D eigenvalue weighted by molar-refractivity contribution is 5.84. The summed E-state index contributed by atoms with van der Waals surface area (Å²) < 4.78 is 15.3. The van der Waals surface area contributed by atoms with Gasteiger partial charge in [0.2, 0.25) is 5.88 Å². The van der Waals surface area contributed by atoms with Crippen molar-refractivity contribution in [2.24, 2.45) is 0 Å². The van der Waals surface area contributed by atoms with Gasteiger partial charge in [-0.1, -0.05) is 0 Å². The van der Waals surface area contributed by atoms with Crippen molar-refractivity contribution in [3.8, 4) is 17.3 Å². The molecule has 0 bridgehead atoms. The zero-order valence-corrected chi connectivity index (χ0v) is 10.6. The number of hydrogen-bond acceptors (Lipinski definition) is 7. The molecule has 0 aliphatic rings. The quantitative estimate of drug-likeness (QED) is 0.758. The molecule has 0 amide bonds. The van der Waals surface area contributed by atoms with Gasteiger partial charge in [0.15, 0.2) is 5.76 Å². The lowest BCUT2D eigenvalue weighted by molar-refractivity contribution is 0.0482. The number of ether oxygens (including phenoxy) is 2. The molecule has 0 atom stereocenters. The number of rotatable bonds is 5. The number of hydrogen-bond donors (Lipinski definition) is 0. The average Bonchev–Trinajstić information content (AvgIpc) is 2.89. The van der Waals surface area contributed by atoms with Crippen LogP contribution in [0.5, 0.6) is 5.88 Å². The molecule has 0 N–H and O–H groups in total. The molecule has 0 aromatic carbocycles. The maximum absolute atomic E-state index is 11.4. The van der Waals surface area contributed by atoms with Gasteiger partial charge in [0.05, 0.1) is 31.8 Å². The molecule has 0 saturated heterocycles. The Bertz CT molecular complexity index is 568. The number of nitrogens with zero attached hydrogens (tertiary/aromatic N) is 3. The van der Waals surface area contributed by atoms with Crippen LogP contribution in [0, 0.1) is 0 Å². The van der Waals surface area contributed by atoms with Crippen LogP contribution in [0.15, 0.2) is 23.0 Å². The third-order valence-corrected chi connectivity index (χ3v) is 2.11. The second-order valence-electron chi connectivity index (χ2n) is 3.43. The minimum atomic E-state index is -0.609. The summed E-state index contributed by atoms with van der Waals surface area (Å²) in [5.41, 5.74) is 0.439. The summed E-state index contributed by atoms with van der Waals surface area (Å²) in [6.07, 6.45) is 4.39. The summed E-state index contributed by atoms with van der Waals surface area (Å²) in [5, 5.41) is 0. The van der Waals surface area contributed by atoms with Crippen molar-refractivity contribution in [2.75, 3.05) is 13.2 Å². The van der Waals surface area contributed by atoms with Crippen LogP contribution < -0.4 is 4.74 Å². The SMILES string of the molecule is CCOC(=O)c1ncc(-c2cncc(OCC)n2)o1. The van der Waals surface area contributed by atoms with E-state index < -0.39 is 5.97 Å². The molecular formula is C12H13N3O4. The normalized spacial score (nSPS) is 10.2. The van der Waals surface area contributed by atoms with Crippen LogP contribution in [0.4, 0.5) is 0 Å². The van der Waals surface area contributed by atoms with Gasteiger partial charge in [0, 0.05) is 0 Å². The first kappa shape index (κ1) is 13.0. The van der Waals surface area contributed by atoms with Crippen molar-refractivity contribution in [3.63, 3.8) is 0 Å². The van der Waals surface area contributed by atoms with E-state index in [0.717, 1.165) is 0 Å². The van der Waals surface area contributed by atoms with Crippen LogP contribution in [0.1, 0.15) is 24.5 Å². The Balaban J connectivity index is 2.22. The van der Waals surface area contributed by atoms with Crippen LogP contribution in [0.3, 0.4) is 0 Å². The molecule has 2 aromatic heterocycles. The topological polar surface area (TPSA) is 87.3 Å². The molecule has 100 valence electrons. The summed E-state index contributed by atoms with van der Waals surface area (Å²) in [4.78, 5) is 23.4. The maximum atomic E-state index is 11.4. The third-order valence-electron chi connectivity index (χ3n) is 2.11. The van der Waals surface area contributed by atoms with Crippen LogP contribution in [0.25, 0.3) is 11.5 Å². The smallest absolute Gasteiger partial charge is 0.394 e. The highest BCUT2D eigenvalue weighted by atomic mass is 16.5. The molecule has 7 heteroatoms. The van der Waals surface area contributed by atoms with E-state index in [4.69, 9.17) is 13.9 Å². The van der Waals surface area contributed by atoms with Gasteiger partial charge in [-0.05, 0) is 13.8 Å². The Kier molecular flexibility index (Phi) is 4.07. The van der Waals surface area contributed by atoms with Gasteiger partial charge in [0.25, 0.3) is 0 Å². The second-order valence-corrected chi connectivity index (χ2v) is 3.43. The summed E-state index contributed by atoms with van der Waals surface area (Å²) in [7, 11) is 0. The standard InChI is InChI=1S/C12H13N3O4/c1-3-17-10-7-13-5-8(15-10)9-6-14-11(19-9)12(16)18-4-2/h5-7H,3-4H2,1-2H3. The maximum Gasteiger partial charge on any atom is 0.394 e. The number of carbonyl (C=O) groups is 1. The molecular weight excluding hydrogens is 250 g/mol. The molecule has 0 fully saturated rings. The molecule has 0 aliphatic carbocycles. The largest absolute Gasteiger partial charge is 0.477 e. The van der Waals surface area contributed by atoms with Crippen LogP contribution in [-0.2, 0) is 4.74 Å². The lowest BCUT2D eigenvalue weighted by Gasteiger charge is -2.01. The fourth-order valence-electron chi connectivity index (χ4n) is 1.36. The average molecular weight is 263 g/mol. The van der Waals surface area contributed by atoms with Crippen LogP contribution in [-0.4, -0.2) is 34.1 Å². The molecule has 0 saturated carbocycles. The Labute approximate surface area is 109 Å². The van der Waals surface area contributed by atoms with Gasteiger partial charge < -0.3 is 13.9 Å². The molecule has 0 radical (unpaired) electrons. The first-order chi connectivity index (χ1) is 9.24. The fraction of sp³-hybridized carbons (Fsp3) is 0.333. The van der Waals surface area contributed by atoms with Gasteiger partial charge >= 0.3 is 11.9 Å². The van der Waals surface area contributed by atoms with E-state index in [9.17, 15) is 4.79 Å². The Hall–Kier alpha value is -2.44. The molecule has 0 spiro atoms. The molecule has 2 aromatic rings. The van der Waals surface area contributed by atoms with E-state index in [1.54, 1.807) is 6.92 Å². The van der Waals surface area contributed by atoms with Crippen molar-refractivity contribution in [2.45, 2.75) is 13.8 Å². The summed E-state index contributed by atoms with van der Waals surface area (Å²) in [5.74, 6) is -0.00525. The van der Waals surface area contributed by atoms with Crippen LogP contribution in [0.2, 0.25) is 0 Å². The number of oxazole rings is 1. The predicted octanol–water partition coefficient (Wildman–Crippen LogP) is 1.71. The number of esters is 1. The lowest BCUT2D eigenvalue weighted by Crippen LogP contribution is -2.04. The van der Waals surface area contributed by atoms with Crippen molar-refractivity contribution >= 4 is 5.97 Å². The van der Waals surface area contributed by atoms with E-state index in [1.165, 1.54) is 18.6 Å². The lowest BCUT2D eigenvalue weighted by atomic mass is 10.4. The van der Waals surface area contributed by atoms with Gasteiger partial charge in [-0.3, -0.25) is 4.98 Å². The highest BCUT2D eigenvalue weighted by Crippen LogP contribution is 2.19. The van der Waals surface area contributed by atoms with E-state index in [-0.39, 0.29) is 12.5 Å². The van der Waals surface area contributed by atoms with E-state index in [1.807, 2.05) is 6.92 Å². The molecule has 0 unspecified atom stereocenters. The number of carbonyl (C=O) groups excluding carboxylic acids is 1. The molecule has 19 heavy (non-hydrogen) atoms. The van der Waals surface area contributed by atoms with Crippen molar-refractivity contribution in [3.05, 3.63) is 24.5 Å². The zero-order valence-electron chi connectivity index (χ0n) is 10.6. The summed E-state index contributed by atoms with van der Waals surface area (Å²) >= 11 is 0. The Morgan fingerprint density at radius 1 is 1.26 bits per heavy atom. The first-order valence-electron chi connectivity index (χ1n) is 5.82. The minimum Gasteiger partial charge on any atom is -0.477 e. The minimum absolute atomic E-state index is 0.111. The van der Waals surface area contributed by atoms with Gasteiger partial charge in [-0.2, -0.15) is 0 Å². The van der Waals surface area contributed by atoms with E-state index in [0.29, 0.717) is 23.9 Å². The summed E-state index contributed by atoms with van der Waals surface area (Å²) in [6, 6.07) is 0. The second kappa shape index (κ2) is 5.94. The van der Waals surface area contributed by atoms with Crippen molar-refractivity contribution < 1.29 is 18.7 Å². The molecule has 2 rings (SSSR count). The van der Waals surface area contributed by atoms with Crippen molar-refractivity contribution in [1.82, 2.24) is 15.0 Å². The zero-order chi connectivity index (χ0) is 13.7. The van der Waals surface area contributed by atoms with Gasteiger partial charge in [0.1, 0.15) is 5.69 Å². The van der Waals surface area contributed by atoms with Crippen LogP contribution >= 0.6 is 0 Å². The fourth-order valence-corrected chi connectivity index (χ4v) is 1.36. The molecule has 0 aliphatic heterocycles. The molecule has 7 nitrogen and oxygen atoms in total.